The van der Waals surface area contributed by atoms with E-state index in [4.69, 9.17) is 0 Å². The molecular formula is C19H24. The van der Waals surface area contributed by atoms with Crippen LogP contribution < -0.4 is 0 Å². The molecule has 2 rings (SSSR count). The summed E-state index contributed by atoms with van der Waals surface area (Å²) in [6.07, 6.45) is 4.96. The van der Waals surface area contributed by atoms with Gasteiger partial charge in [-0.15, -0.1) is 0 Å². The minimum atomic E-state index is 0.630. The fourth-order valence-corrected chi connectivity index (χ4v) is 2.61. The van der Waals surface area contributed by atoms with Crippen LogP contribution in [0, 0.1) is 0 Å². The molecule has 0 aliphatic heterocycles. The molecule has 0 aliphatic carbocycles. The SMILES string of the molecule is CC(C)c1ccccc1CCCCc1ccccc1. The van der Waals surface area contributed by atoms with Crippen LogP contribution in [0.1, 0.15) is 49.3 Å². The van der Waals surface area contributed by atoms with Crippen molar-refractivity contribution in [1.82, 2.24) is 0 Å². The molecule has 0 bridgehead atoms. The summed E-state index contributed by atoms with van der Waals surface area (Å²) in [7, 11) is 0. The quantitative estimate of drug-likeness (QED) is 0.606. The van der Waals surface area contributed by atoms with Gasteiger partial charge in [-0.1, -0.05) is 68.4 Å². The van der Waals surface area contributed by atoms with Crippen LogP contribution in [0.2, 0.25) is 0 Å². The lowest BCUT2D eigenvalue weighted by molar-refractivity contribution is 0.722. The Balaban J connectivity index is 1.83. The molecule has 0 radical (unpaired) electrons. The monoisotopic (exact) mass is 252 g/mol. The van der Waals surface area contributed by atoms with Gasteiger partial charge in [-0.05, 0) is 48.3 Å². The molecule has 0 heteroatoms. The van der Waals surface area contributed by atoms with Crippen LogP contribution in [-0.2, 0) is 12.8 Å². The van der Waals surface area contributed by atoms with Gasteiger partial charge in [0.1, 0.15) is 0 Å². The first-order valence-corrected chi connectivity index (χ1v) is 7.39. The van der Waals surface area contributed by atoms with Gasteiger partial charge in [0.05, 0.1) is 0 Å². The lowest BCUT2D eigenvalue weighted by Crippen LogP contribution is -1.97. The molecule has 0 N–H and O–H groups in total. The molecule has 0 heterocycles. The normalized spacial score (nSPS) is 10.9. The van der Waals surface area contributed by atoms with Crippen molar-refractivity contribution >= 4 is 0 Å². The molecule has 0 unspecified atom stereocenters. The van der Waals surface area contributed by atoms with E-state index < -0.39 is 0 Å². The van der Waals surface area contributed by atoms with Crippen LogP contribution in [0.25, 0.3) is 0 Å². The lowest BCUT2D eigenvalue weighted by Gasteiger charge is -2.12. The average molecular weight is 252 g/mol. The fourth-order valence-electron chi connectivity index (χ4n) is 2.61. The number of benzene rings is 2. The molecular weight excluding hydrogens is 228 g/mol. The summed E-state index contributed by atoms with van der Waals surface area (Å²) in [5.74, 6) is 0.630. The second-order valence-corrected chi connectivity index (χ2v) is 5.55. The standard InChI is InChI=1S/C19H24/c1-16(2)19-15-9-8-14-18(19)13-7-6-12-17-10-4-3-5-11-17/h3-5,8-11,14-16H,6-7,12-13H2,1-2H3. The minimum absolute atomic E-state index is 0.630. The summed E-state index contributed by atoms with van der Waals surface area (Å²) < 4.78 is 0. The van der Waals surface area contributed by atoms with Gasteiger partial charge < -0.3 is 0 Å². The summed E-state index contributed by atoms with van der Waals surface area (Å²) in [6.45, 7) is 4.56. The molecule has 0 spiro atoms. The number of unbranched alkanes of at least 4 members (excludes halogenated alkanes) is 1. The first-order chi connectivity index (χ1) is 9.27. The van der Waals surface area contributed by atoms with Gasteiger partial charge in [-0.2, -0.15) is 0 Å². The molecule has 0 nitrogen and oxygen atoms in total. The Morgan fingerprint density at radius 1 is 0.737 bits per heavy atom. The van der Waals surface area contributed by atoms with Gasteiger partial charge in [0, 0.05) is 0 Å². The first-order valence-electron chi connectivity index (χ1n) is 7.39. The third-order valence-electron chi connectivity index (χ3n) is 3.68. The second kappa shape index (κ2) is 7.13. The molecule has 0 fully saturated rings. The highest BCUT2D eigenvalue weighted by Crippen LogP contribution is 2.21. The highest BCUT2D eigenvalue weighted by atomic mass is 14.1. The highest BCUT2D eigenvalue weighted by molar-refractivity contribution is 5.29. The van der Waals surface area contributed by atoms with Crippen molar-refractivity contribution in [3.63, 3.8) is 0 Å². The second-order valence-electron chi connectivity index (χ2n) is 5.55. The Hall–Kier alpha value is -1.56. The van der Waals surface area contributed by atoms with Crippen molar-refractivity contribution in [2.75, 3.05) is 0 Å². The molecule has 19 heavy (non-hydrogen) atoms. The van der Waals surface area contributed by atoms with Gasteiger partial charge >= 0.3 is 0 Å². The lowest BCUT2D eigenvalue weighted by atomic mass is 9.93. The third kappa shape index (κ3) is 4.24. The van der Waals surface area contributed by atoms with Crippen molar-refractivity contribution in [1.29, 1.82) is 0 Å². The largest absolute Gasteiger partial charge is 0.0622 e. The Labute approximate surface area is 117 Å². The Kier molecular flexibility index (Phi) is 5.20. The molecule has 0 aromatic heterocycles. The van der Waals surface area contributed by atoms with Gasteiger partial charge in [-0.3, -0.25) is 0 Å². The average Bonchev–Trinajstić information content (AvgIpc) is 2.45. The highest BCUT2D eigenvalue weighted by Gasteiger charge is 2.05. The van der Waals surface area contributed by atoms with Crippen LogP contribution >= 0.6 is 0 Å². The number of rotatable bonds is 6. The third-order valence-corrected chi connectivity index (χ3v) is 3.68. The summed E-state index contributed by atoms with van der Waals surface area (Å²) in [6, 6.07) is 19.7. The van der Waals surface area contributed by atoms with E-state index in [0.29, 0.717) is 5.92 Å². The predicted octanol–water partition coefficient (Wildman–Crippen LogP) is 5.38. The maximum atomic E-state index is 2.29. The van der Waals surface area contributed by atoms with Crippen molar-refractivity contribution in [3.8, 4) is 0 Å². The van der Waals surface area contributed by atoms with Crippen LogP contribution in [-0.4, -0.2) is 0 Å². The van der Waals surface area contributed by atoms with Gasteiger partial charge in [0.25, 0.3) is 0 Å². The Morgan fingerprint density at radius 2 is 1.37 bits per heavy atom. The minimum Gasteiger partial charge on any atom is -0.0622 e. The zero-order valence-corrected chi connectivity index (χ0v) is 12.1. The summed E-state index contributed by atoms with van der Waals surface area (Å²) in [5, 5.41) is 0. The molecule has 0 saturated heterocycles. The van der Waals surface area contributed by atoms with E-state index in [1.165, 1.54) is 42.4 Å². The first kappa shape index (κ1) is 13.9. The fraction of sp³-hybridized carbons (Fsp3) is 0.368. The van der Waals surface area contributed by atoms with E-state index in [1.807, 2.05) is 0 Å². The Bertz CT molecular complexity index is 482. The molecule has 100 valence electrons. The Morgan fingerprint density at radius 3 is 2.11 bits per heavy atom. The molecule has 0 saturated carbocycles. The zero-order valence-electron chi connectivity index (χ0n) is 12.1. The molecule has 2 aromatic rings. The maximum Gasteiger partial charge on any atom is -0.0216 e. The van der Waals surface area contributed by atoms with E-state index in [0.717, 1.165) is 0 Å². The summed E-state index contributed by atoms with van der Waals surface area (Å²) >= 11 is 0. The van der Waals surface area contributed by atoms with Crippen molar-refractivity contribution < 1.29 is 0 Å². The van der Waals surface area contributed by atoms with Gasteiger partial charge in [0.2, 0.25) is 0 Å². The topological polar surface area (TPSA) is 0 Å². The number of aryl methyl sites for hydroxylation is 2. The molecule has 0 amide bonds. The van der Waals surface area contributed by atoms with Crippen LogP contribution in [0.5, 0.6) is 0 Å². The molecule has 2 aromatic carbocycles. The smallest absolute Gasteiger partial charge is 0.0216 e. The predicted molar refractivity (Wildman–Crippen MR) is 83.6 cm³/mol. The zero-order chi connectivity index (χ0) is 13.5. The summed E-state index contributed by atoms with van der Waals surface area (Å²) in [5.41, 5.74) is 4.51. The van der Waals surface area contributed by atoms with Crippen molar-refractivity contribution in [2.45, 2.75) is 45.4 Å². The van der Waals surface area contributed by atoms with E-state index in [2.05, 4.69) is 68.4 Å². The number of hydrogen-bond acceptors (Lipinski definition) is 0. The van der Waals surface area contributed by atoms with E-state index >= 15 is 0 Å². The van der Waals surface area contributed by atoms with Crippen molar-refractivity contribution in [2.24, 2.45) is 0 Å². The maximum absolute atomic E-state index is 2.29. The van der Waals surface area contributed by atoms with Crippen molar-refractivity contribution in [3.05, 3.63) is 71.3 Å². The van der Waals surface area contributed by atoms with Crippen LogP contribution in [0.15, 0.2) is 54.6 Å². The van der Waals surface area contributed by atoms with Crippen LogP contribution in [0.3, 0.4) is 0 Å². The van der Waals surface area contributed by atoms with E-state index in [1.54, 1.807) is 0 Å². The number of hydrogen-bond donors (Lipinski definition) is 0. The molecule has 0 atom stereocenters. The van der Waals surface area contributed by atoms with E-state index in [-0.39, 0.29) is 0 Å². The summed E-state index contributed by atoms with van der Waals surface area (Å²) in [4.78, 5) is 0. The van der Waals surface area contributed by atoms with E-state index in [9.17, 15) is 0 Å². The van der Waals surface area contributed by atoms with Gasteiger partial charge in [0.15, 0.2) is 0 Å². The molecule has 0 aliphatic rings. The van der Waals surface area contributed by atoms with Crippen LogP contribution in [0.4, 0.5) is 0 Å². The van der Waals surface area contributed by atoms with Gasteiger partial charge in [-0.25, -0.2) is 0 Å².